The lowest BCUT2D eigenvalue weighted by Gasteiger charge is -2.31. The lowest BCUT2D eigenvalue weighted by Crippen LogP contribution is -2.46. The quantitative estimate of drug-likeness (QED) is 0.768. The van der Waals surface area contributed by atoms with Gasteiger partial charge in [0.2, 0.25) is 0 Å². The normalized spacial score (nSPS) is 14.6. The zero-order valence-corrected chi connectivity index (χ0v) is 13.0. The van der Waals surface area contributed by atoms with Crippen LogP contribution < -0.4 is 5.32 Å². The fourth-order valence-corrected chi connectivity index (χ4v) is 2.22. The van der Waals surface area contributed by atoms with E-state index in [1.54, 1.807) is 13.0 Å². The van der Waals surface area contributed by atoms with Crippen LogP contribution >= 0.6 is 0 Å². The molecule has 1 aromatic carbocycles. The Hall–Kier alpha value is -0.970. The van der Waals surface area contributed by atoms with Crippen molar-refractivity contribution in [3.05, 3.63) is 35.1 Å². The first-order chi connectivity index (χ1) is 9.46. The van der Waals surface area contributed by atoms with Crippen molar-refractivity contribution in [2.24, 2.45) is 0 Å². The predicted molar refractivity (Wildman–Crippen MR) is 81.4 cm³/mol. The largest absolute Gasteiger partial charge is 0.394 e. The minimum atomic E-state index is -0.609. The van der Waals surface area contributed by atoms with Gasteiger partial charge >= 0.3 is 0 Å². The molecule has 2 N–H and O–H groups in total. The Morgan fingerprint density at radius 2 is 1.95 bits per heavy atom. The third kappa shape index (κ3) is 4.27. The molecule has 0 amide bonds. The molecule has 1 atom stereocenters. The maximum atomic E-state index is 13.7. The first-order valence-electron chi connectivity index (χ1n) is 7.31. The Morgan fingerprint density at radius 3 is 2.45 bits per heavy atom. The molecule has 0 aliphatic rings. The van der Waals surface area contributed by atoms with E-state index in [2.05, 4.69) is 24.1 Å². The summed E-state index contributed by atoms with van der Waals surface area (Å²) in [5.41, 5.74) is 0.793. The molecule has 0 saturated heterocycles. The molecule has 0 fully saturated rings. The molecule has 20 heavy (non-hydrogen) atoms. The molecular weight excluding hydrogens is 255 g/mol. The zero-order chi connectivity index (χ0) is 15.2. The van der Waals surface area contributed by atoms with Gasteiger partial charge in [0.25, 0.3) is 0 Å². The molecule has 3 nitrogen and oxygen atoms in total. The van der Waals surface area contributed by atoms with Crippen LogP contribution in [0.5, 0.6) is 0 Å². The number of aliphatic hydroxyl groups excluding tert-OH is 1. The van der Waals surface area contributed by atoms with E-state index in [0.29, 0.717) is 5.56 Å². The second-order valence-corrected chi connectivity index (χ2v) is 5.41. The van der Waals surface area contributed by atoms with Gasteiger partial charge in [-0.05, 0) is 44.1 Å². The van der Waals surface area contributed by atoms with Gasteiger partial charge in [-0.15, -0.1) is 0 Å². The number of benzene rings is 1. The number of halogens is 1. The highest BCUT2D eigenvalue weighted by Gasteiger charge is 2.25. The van der Waals surface area contributed by atoms with Crippen LogP contribution in [0.3, 0.4) is 0 Å². The first-order valence-corrected chi connectivity index (χ1v) is 7.31. The van der Waals surface area contributed by atoms with Crippen molar-refractivity contribution >= 4 is 0 Å². The molecule has 114 valence electrons. The molecule has 0 radical (unpaired) electrons. The number of rotatable bonds is 8. The van der Waals surface area contributed by atoms with Gasteiger partial charge < -0.3 is 15.3 Å². The molecule has 0 spiro atoms. The third-order valence-corrected chi connectivity index (χ3v) is 3.96. The van der Waals surface area contributed by atoms with Crippen LogP contribution in [0.25, 0.3) is 0 Å². The van der Waals surface area contributed by atoms with E-state index < -0.39 is 5.54 Å². The fourth-order valence-electron chi connectivity index (χ4n) is 2.22. The summed E-state index contributed by atoms with van der Waals surface area (Å²) in [5.74, 6) is -0.229. The van der Waals surface area contributed by atoms with Crippen LogP contribution in [0.4, 0.5) is 4.39 Å². The highest BCUT2D eigenvalue weighted by molar-refractivity contribution is 5.29. The van der Waals surface area contributed by atoms with Crippen LogP contribution in [0, 0.1) is 12.7 Å². The number of nitrogens with zero attached hydrogens (tertiary/aromatic N) is 1. The lowest BCUT2D eigenvalue weighted by molar-refractivity contribution is 0.168. The van der Waals surface area contributed by atoms with Crippen LogP contribution in [0.15, 0.2) is 18.2 Å². The number of hydrogen-bond donors (Lipinski definition) is 2. The van der Waals surface area contributed by atoms with Gasteiger partial charge in [-0.3, -0.25) is 0 Å². The molecule has 1 rings (SSSR count). The Morgan fingerprint density at radius 1 is 1.30 bits per heavy atom. The predicted octanol–water partition coefficient (Wildman–Crippen LogP) is 2.27. The summed E-state index contributed by atoms with van der Waals surface area (Å²) in [6.45, 7) is 11.5. The third-order valence-electron chi connectivity index (χ3n) is 3.96. The fraction of sp³-hybridized carbons (Fsp3) is 0.625. The topological polar surface area (TPSA) is 35.5 Å². The number of hydrogen-bond acceptors (Lipinski definition) is 3. The molecule has 1 unspecified atom stereocenters. The monoisotopic (exact) mass is 282 g/mol. The molecule has 0 heterocycles. The highest BCUT2D eigenvalue weighted by atomic mass is 19.1. The highest BCUT2D eigenvalue weighted by Crippen LogP contribution is 2.22. The minimum Gasteiger partial charge on any atom is -0.394 e. The van der Waals surface area contributed by atoms with E-state index in [1.807, 2.05) is 13.0 Å². The summed E-state index contributed by atoms with van der Waals surface area (Å²) < 4.78 is 13.7. The van der Waals surface area contributed by atoms with E-state index in [1.165, 1.54) is 6.07 Å². The van der Waals surface area contributed by atoms with Crippen LogP contribution in [0.2, 0.25) is 0 Å². The van der Waals surface area contributed by atoms with Crippen molar-refractivity contribution in [1.29, 1.82) is 0 Å². The van der Waals surface area contributed by atoms with Gasteiger partial charge in [-0.25, -0.2) is 4.39 Å². The van der Waals surface area contributed by atoms with Crippen LogP contribution in [-0.2, 0) is 5.54 Å². The van der Waals surface area contributed by atoms with Crippen molar-refractivity contribution in [3.8, 4) is 0 Å². The summed E-state index contributed by atoms with van der Waals surface area (Å²) in [6, 6.07) is 5.14. The van der Waals surface area contributed by atoms with Gasteiger partial charge in [0.1, 0.15) is 5.82 Å². The van der Waals surface area contributed by atoms with E-state index in [4.69, 9.17) is 0 Å². The lowest BCUT2D eigenvalue weighted by atomic mass is 9.92. The molecule has 0 aliphatic carbocycles. The van der Waals surface area contributed by atoms with Gasteiger partial charge in [-0.1, -0.05) is 26.0 Å². The molecule has 4 heteroatoms. The SMILES string of the molecule is CCN(CC)CCNC(C)(CO)c1ccc(C)c(F)c1. The zero-order valence-electron chi connectivity index (χ0n) is 13.0. The summed E-state index contributed by atoms with van der Waals surface area (Å²) >= 11 is 0. The Labute approximate surface area is 121 Å². The second kappa shape index (κ2) is 7.72. The van der Waals surface area contributed by atoms with Gasteiger partial charge in [0.05, 0.1) is 12.1 Å². The van der Waals surface area contributed by atoms with E-state index in [-0.39, 0.29) is 12.4 Å². The summed E-state index contributed by atoms with van der Waals surface area (Å²) in [7, 11) is 0. The van der Waals surface area contributed by atoms with Crippen molar-refractivity contribution in [3.63, 3.8) is 0 Å². The molecule has 0 aromatic heterocycles. The average Bonchev–Trinajstić information content (AvgIpc) is 2.46. The molecule has 0 aliphatic heterocycles. The first kappa shape index (κ1) is 17.1. The van der Waals surface area contributed by atoms with Crippen LogP contribution in [-0.4, -0.2) is 42.8 Å². The standard InChI is InChI=1S/C16H27FN2O/c1-5-19(6-2)10-9-18-16(4,12-20)14-8-7-13(3)15(17)11-14/h7-8,11,18,20H,5-6,9-10,12H2,1-4H3. The smallest absolute Gasteiger partial charge is 0.126 e. The van der Waals surface area contributed by atoms with E-state index in [9.17, 15) is 9.50 Å². The average molecular weight is 282 g/mol. The second-order valence-electron chi connectivity index (χ2n) is 5.41. The summed E-state index contributed by atoms with van der Waals surface area (Å²) in [6.07, 6.45) is 0. The van der Waals surface area contributed by atoms with Crippen molar-refractivity contribution in [2.75, 3.05) is 32.8 Å². The van der Waals surface area contributed by atoms with Gasteiger partial charge in [-0.2, -0.15) is 0 Å². The van der Waals surface area contributed by atoms with Crippen molar-refractivity contribution in [2.45, 2.75) is 33.2 Å². The minimum absolute atomic E-state index is 0.0618. The van der Waals surface area contributed by atoms with E-state index >= 15 is 0 Å². The number of aryl methyl sites for hydroxylation is 1. The Balaban J connectivity index is 2.73. The summed E-state index contributed by atoms with van der Waals surface area (Å²) in [4.78, 5) is 2.31. The maximum Gasteiger partial charge on any atom is 0.126 e. The maximum absolute atomic E-state index is 13.7. The van der Waals surface area contributed by atoms with Crippen molar-refractivity contribution in [1.82, 2.24) is 10.2 Å². The summed E-state index contributed by atoms with van der Waals surface area (Å²) in [5, 5.41) is 13.0. The molecule has 0 bridgehead atoms. The number of nitrogens with one attached hydrogen (secondary N) is 1. The van der Waals surface area contributed by atoms with Crippen molar-refractivity contribution < 1.29 is 9.50 Å². The molecule has 0 saturated carbocycles. The van der Waals surface area contributed by atoms with E-state index in [0.717, 1.165) is 31.7 Å². The Bertz CT molecular complexity index is 421. The van der Waals surface area contributed by atoms with Gasteiger partial charge in [0.15, 0.2) is 0 Å². The number of aliphatic hydroxyl groups is 1. The van der Waals surface area contributed by atoms with Gasteiger partial charge in [0, 0.05) is 13.1 Å². The number of likely N-dealkylation sites (N-methyl/N-ethyl adjacent to an activating group) is 1. The van der Waals surface area contributed by atoms with Crippen LogP contribution in [0.1, 0.15) is 31.9 Å². The Kier molecular flexibility index (Phi) is 6.59. The molecular formula is C16H27FN2O. The molecule has 1 aromatic rings.